The zero-order chi connectivity index (χ0) is 21.7. The van der Waals surface area contributed by atoms with E-state index in [1.807, 2.05) is 12.1 Å². The second-order valence-electron chi connectivity index (χ2n) is 7.86. The molecule has 0 radical (unpaired) electrons. The zero-order valence-corrected chi connectivity index (χ0v) is 18.9. The molecule has 6 nitrogen and oxygen atoms in total. The van der Waals surface area contributed by atoms with Crippen LogP contribution in [0.4, 0.5) is 11.4 Å². The highest BCUT2D eigenvalue weighted by atomic mass is 35.5. The Labute approximate surface area is 183 Å². The van der Waals surface area contributed by atoms with Gasteiger partial charge < -0.3 is 10.2 Å². The molecule has 1 heterocycles. The molecule has 1 N–H and O–H groups in total. The Bertz CT molecular complexity index is 979. The van der Waals surface area contributed by atoms with Crippen molar-refractivity contribution in [1.29, 1.82) is 0 Å². The standard InChI is InChI=1S/C22H28ClN3O3S/c1-17-6-5-13-25(15-17)19-11-9-18(10-12-19)14-24-22(27)16-26(30(2,28)29)21-8-4-3-7-20(21)23/h3-4,7-12,17H,5-6,13-16H2,1-2H3,(H,24,27). The zero-order valence-electron chi connectivity index (χ0n) is 17.3. The van der Waals surface area contributed by atoms with Crippen molar-refractivity contribution in [1.82, 2.24) is 5.32 Å². The Balaban J connectivity index is 1.60. The highest BCUT2D eigenvalue weighted by Crippen LogP contribution is 2.27. The lowest BCUT2D eigenvalue weighted by atomic mass is 9.99. The third kappa shape index (κ3) is 5.89. The molecule has 1 unspecified atom stereocenters. The van der Waals surface area contributed by atoms with Crippen molar-refractivity contribution < 1.29 is 13.2 Å². The average molecular weight is 450 g/mol. The lowest BCUT2D eigenvalue weighted by Crippen LogP contribution is -2.40. The molecule has 0 bridgehead atoms. The van der Waals surface area contributed by atoms with Gasteiger partial charge in [0.2, 0.25) is 15.9 Å². The quantitative estimate of drug-likeness (QED) is 0.700. The van der Waals surface area contributed by atoms with Gasteiger partial charge in [0.1, 0.15) is 6.54 Å². The number of halogens is 1. The topological polar surface area (TPSA) is 69.7 Å². The third-order valence-corrected chi connectivity index (χ3v) is 6.70. The maximum Gasteiger partial charge on any atom is 0.241 e. The van der Waals surface area contributed by atoms with Crippen LogP contribution in [0, 0.1) is 5.92 Å². The number of hydrogen-bond donors (Lipinski definition) is 1. The first-order valence-corrected chi connectivity index (χ1v) is 12.3. The molecule has 1 amide bonds. The van der Waals surface area contributed by atoms with E-state index >= 15 is 0 Å². The van der Waals surface area contributed by atoms with Crippen LogP contribution < -0.4 is 14.5 Å². The number of para-hydroxylation sites is 1. The monoisotopic (exact) mass is 449 g/mol. The molecule has 1 aliphatic rings. The van der Waals surface area contributed by atoms with Crippen molar-refractivity contribution in [2.24, 2.45) is 5.92 Å². The first kappa shape index (κ1) is 22.4. The summed E-state index contributed by atoms with van der Waals surface area (Å²) in [5.74, 6) is 0.308. The molecule has 1 atom stereocenters. The Morgan fingerprint density at radius 1 is 1.20 bits per heavy atom. The van der Waals surface area contributed by atoms with E-state index in [2.05, 4.69) is 29.3 Å². The SMILES string of the molecule is CC1CCCN(c2ccc(CNC(=O)CN(c3ccccc3Cl)S(C)(=O)=O)cc2)C1. The number of nitrogens with one attached hydrogen (secondary N) is 1. The maximum absolute atomic E-state index is 12.4. The van der Waals surface area contributed by atoms with Crippen molar-refractivity contribution in [2.45, 2.75) is 26.3 Å². The van der Waals surface area contributed by atoms with E-state index < -0.39 is 15.9 Å². The van der Waals surface area contributed by atoms with E-state index in [1.54, 1.807) is 24.3 Å². The van der Waals surface area contributed by atoms with Gasteiger partial charge in [0.05, 0.1) is 17.0 Å². The van der Waals surface area contributed by atoms with E-state index in [4.69, 9.17) is 11.6 Å². The molecule has 2 aromatic rings. The van der Waals surface area contributed by atoms with Gasteiger partial charge in [-0.1, -0.05) is 42.8 Å². The van der Waals surface area contributed by atoms with E-state index in [1.165, 1.54) is 18.5 Å². The van der Waals surface area contributed by atoms with Crippen molar-refractivity contribution in [3.8, 4) is 0 Å². The van der Waals surface area contributed by atoms with Crippen molar-refractivity contribution in [2.75, 3.05) is 35.1 Å². The van der Waals surface area contributed by atoms with Crippen LogP contribution in [0.15, 0.2) is 48.5 Å². The number of piperidine rings is 1. The highest BCUT2D eigenvalue weighted by molar-refractivity contribution is 7.92. The van der Waals surface area contributed by atoms with Crippen molar-refractivity contribution in [3.05, 3.63) is 59.1 Å². The summed E-state index contributed by atoms with van der Waals surface area (Å²) >= 11 is 6.13. The van der Waals surface area contributed by atoms with Crippen LogP contribution in [0.25, 0.3) is 0 Å². The fraction of sp³-hybridized carbons (Fsp3) is 0.409. The number of nitrogens with zero attached hydrogens (tertiary/aromatic N) is 2. The summed E-state index contributed by atoms with van der Waals surface area (Å²) < 4.78 is 25.4. The van der Waals surface area contributed by atoms with E-state index in [9.17, 15) is 13.2 Å². The highest BCUT2D eigenvalue weighted by Gasteiger charge is 2.22. The largest absolute Gasteiger partial charge is 0.371 e. The van der Waals surface area contributed by atoms with E-state index in [0.29, 0.717) is 12.5 Å². The Hall–Kier alpha value is -2.25. The summed E-state index contributed by atoms with van der Waals surface area (Å²) in [5.41, 5.74) is 2.44. The third-order valence-electron chi connectivity index (χ3n) is 5.26. The van der Waals surface area contributed by atoms with E-state index in [0.717, 1.165) is 29.2 Å². The van der Waals surface area contributed by atoms with Gasteiger partial charge in [0, 0.05) is 25.3 Å². The van der Waals surface area contributed by atoms with Crippen molar-refractivity contribution in [3.63, 3.8) is 0 Å². The fourth-order valence-corrected chi connectivity index (χ4v) is 4.83. The van der Waals surface area contributed by atoms with Crippen LogP contribution in [-0.4, -0.2) is 40.2 Å². The van der Waals surface area contributed by atoms with Gasteiger partial charge in [-0.2, -0.15) is 0 Å². The summed E-state index contributed by atoms with van der Waals surface area (Å²) in [6.07, 6.45) is 3.55. The minimum absolute atomic E-state index is 0.276. The van der Waals surface area contributed by atoms with Crippen LogP contribution in [0.2, 0.25) is 5.02 Å². The minimum Gasteiger partial charge on any atom is -0.371 e. The molecule has 0 aliphatic carbocycles. The molecule has 1 aliphatic heterocycles. The van der Waals surface area contributed by atoms with Gasteiger partial charge in [-0.15, -0.1) is 0 Å². The van der Waals surface area contributed by atoms with Crippen LogP contribution in [0.1, 0.15) is 25.3 Å². The molecule has 2 aromatic carbocycles. The number of sulfonamides is 1. The van der Waals surface area contributed by atoms with Gasteiger partial charge in [0.15, 0.2) is 0 Å². The lowest BCUT2D eigenvalue weighted by molar-refractivity contribution is -0.119. The Morgan fingerprint density at radius 2 is 1.90 bits per heavy atom. The van der Waals surface area contributed by atoms with Gasteiger partial charge in [-0.05, 0) is 48.6 Å². The van der Waals surface area contributed by atoms with Gasteiger partial charge >= 0.3 is 0 Å². The number of amides is 1. The van der Waals surface area contributed by atoms with Gasteiger partial charge in [0.25, 0.3) is 0 Å². The molecule has 0 aromatic heterocycles. The summed E-state index contributed by atoms with van der Waals surface area (Å²) in [7, 11) is -3.66. The van der Waals surface area contributed by atoms with Gasteiger partial charge in [-0.3, -0.25) is 9.10 Å². The molecule has 8 heteroatoms. The summed E-state index contributed by atoms with van der Waals surface area (Å²) in [4.78, 5) is 14.8. The average Bonchev–Trinajstić information content (AvgIpc) is 2.71. The molecule has 0 saturated carbocycles. The molecule has 1 fully saturated rings. The smallest absolute Gasteiger partial charge is 0.241 e. The van der Waals surface area contributed by atoms with Crippen molar-refractivity contribution >= 4 is 38.9 Å². The lowest BCUT2D eigenvalue weighted by Gasteiger charge is -2.32. The second-order valence-corrected chi connectivity index (χ2v) is 10.2. The van der Waals surface area contributed by atoms with Crippen LogP contribution in [0.3, 0.4) is 0 Å². The molecule has 0 spiro atoms. The summed E-state index contributed by atoms with van der Waals surface area (Å²) in [6, 6.07) is 14.7. The molecule has 30 heavy (non-hydrogen) atoms. The van der Waals surface area contributed by atoms with Gasteiger partial charge in [-0.25, -0.2) is 8.42 Å². The molecule has 3 rings (SSSR count). The second kappa shape index (κ2) is 9.71. The minimum atomic E-state index is -3.66. The molecular weight excluding hydrogens is 422 g/mol. The first-order valence-electron chi connectivity index (χ1n) is 10.1. The van der Waals surface area contributed by atoms with E-state index in [-0.39, 0.29) is 17.3 Å². The fourth-order valence-electron chi connectivity index (χ4n) is 3.67. The molecule has 1 saturated heterocycles. The number of rotatable bonds is 7. The predicted octanol–water partition coefficient (Wildman–Crippen LogP) is 3.66. The van der Waals surface area contributed by atoms with Crippen LogP contribution >= 0.6 is 11.6 Å². The molecular formula is C22H28ClN3O3S. The number of hydrogen-bond acceptors (Lipinski definition) is 4. The Kier molecular flexibility index (Phi) is 7.26. The maximum atomic E-state index is 12.4. The number of anilines is 2. The number of carbonyl (C=O) groups excluding carboxylic acids is 1. The first-order chi connectivity index (χ1) is 14.2. The van der Waals surface area contributed by atoms with Crippen LogP contribution in [0.5, 0.6) is 0 Å². The number of benzene rings is 2. The predicted molar refractivity (Wildman–Crippen MR) is 123 cm³/mol. The summed E-state index contributed by atoms with van der Waals surface area (Å²) in [6.45, 7) is 4.42. The normalized spacial score (nSPS) is 16.9. The van der Waals surface area contributed by atoms with Crippen LogP contribution in [-0.2, 0) is 21.4 Å². The molecule has 162 valence electrons. The summed E-state index contributed by atoms with van der Waals surface area (Å²) in [5, 5.41) is 3.07. The number of carbonyl (C=O) groups is 1. The Morgan fingerprint density at radius 3 is 2.53 bits per heavy atom.